The molecule has 21 heavy (non-hydrogen) atoms. The first-order chi connectivity index (χ1) is 10.3. The topological polar surface area (TPSA) is 15.3 Å². The Balaban J connectivity index is 1.55. The van der Waals surface area contributed by atoms with Gasteiger partial charge >= 0.3 is 0 Å². The number of nitrogens with one attached hydrogen (secondary N) is 1. The molecule has 3 rings (SSSR count). The van der Waals surface area contributed by atoms with E-state index in [1.54, 1.807) is 0 Å². The summed E-state index contributed by atoms with van der Waals surface area (Å²) in [6.45, 7) is 3.42. The molecule has 1 aromatic carbocycles. The van der Waals surface area contributed by atoms with Crippen LogP contribution in [0.2, 0.25) is 0 Å². The van der Waals surface area contributed by atoms with Gasteiger partial charge in [0.05, 0.1) is 4.99 Å². The van der Waals surface area contributed by atoms with E-state index in [9.17, 15) is 0 Å². The number of hydrogen-bond acceptors (Lipinski definition) is 2. The van der Waals surface area contributed by atoms with Gasteiger partial charge in [0.2, 0.25) is 0 Å². The number of likely N-dealkylation sites (tertiary alicyclic amines) is 1. The molecule has 0 unspecified atom stereocenters. The first kappa shape index (κ1) is 15.0. The predicted molar refractivity (Wildman–Crippen MR) is 92.4 cm³/mol. The van der Waals surface area contributed by atoms with Gasteiger partial charge < -0.3 is 5.32 Å². The van der Waals surface area contributed by atoms with Crippen molar-refractivity contribution in [1.29, 1.82) is 0 Å². The maximum Gasteiger partial charge on any atom is 0.0803 e. The Kier molecular flexibility index (Phi) is 5.26. The van der Waals surface area contributed by atoms with Crippen LogP contribution in [0, 0.1) is 5.92 Å². The number of rotatable bonds is 4. The summed E-state index contributed by atoms with van der Waals surface area (Å²) in [5.41, 5.74) is 1.31. The molecule has 1 heterocycles. The van der Waals surface area contributed by atoms with Gasteiger partial charge in [-0.25, -0.2) is 0 Å². The van der Waals surface area contributed by atoms with Crippen LogP contribution in [-0.2, 0) is 6.54 Å². The lowest BCUT2D eigenvalue weighted by Gasteiger charge is -2.36. The Morgan fingerprint density at radius 2 is 1.81 bits per heavy atom. The molecule has 3 heteroatoms. The fourth-order valence-corrected chi connectivity index (χ4v) is 4.20. The Morgan fingerprint density at radius 3 is 2.57 bits per heavy atom. The lowest BCUT2D eigenvalue weighted by atomic mass is 9.99. The van der Waals surface area contributed by atoms with Crippen molar-refractivity contribution in [1.82, 2.24) is 10.2 Å². The summed E-state index contributed by atoms with van der Waals surface area (Å²) in [5, 5.41) is 3.51. The second kappa shape index (κ2) is 7.37. The average molecular weight is 302 g/mol. The molecule has 0 bridgehead atoms. The second-order valence-electron chi connectivity index (χ2n) is 6.40. The van der Waals surface area contributed by atoms with E-state index in [0.717, 1.165) is 11.5 Å². The van der Waals surface area contributed by atoms with Crippen LogP contribution >= 0.6 is 12.2 Å². The minimum Gasteiger partial charge on any atom is -0.375 e. The van der Waals surface area contributed by atoms with E-state index in [2.05, 4.69) is 40.5 Å². The van der Waals surface area contributed by atoms with E-state index in [1.165, 1.54) is 57.2 Å². The van der Waals surface area contributed by atoms with Crippen LogP contribution < -0.4 is 5.32 Å². The molecule has 1 saturated carbocycles. The van der Waals surface area contributed by atoms with Gasteiger partial charge in [-0.2, -0.15) is 0 Å². The molecule has 1 saturated heterocycles. The first-order valence-corrected chi connectivity index (χ1v) is 8.81. The van der Waals surface area contributed by atoms with Gasteiger partial charge in [-0.15, -0.1) is 0 Å². The fraction of sp³-hybridized carbons (Fsp3) is 0.611. The van der Waals surface area contributed by atoms with Crippen LogP contribution in [0.25, 0.3) is 0 Å². The number of piperidine rings is 1. The van der Waals surface area contributed by atoms with Crippen LogP contribution in [-0.4, -0.2) is 29.0 Å². The van der Waals surface area contributed by atoms with E-state index in [0.29, 0.717) is 12.0 Å². The molecule has 1 N–H and O–H groups in total. The highest BCUT2D eigenvalue weighted by Crippen LogP contribution is 2.32. The van der Waals surface area contributed by atoms with Gasteiger partial charge in [-0.05, 0) is 44.3 Å². The monoisotopic (exact) mass is 302 g/mol. The smallest absolute Gasteiger partial charge is 0.0803 e. The van der Waals surface area contributed by atoms with Gasteiger partial charge in [0.1, 0.15) is 0 Å². The van der Waals surface area contributed by atoms with E-state index >= 15 is 0 Å². The molecule has 2 fully saturated rings. The largest absolute Gasteiger partial charge is 0.375 e. The number of hydrogen-bond donors (Lipinski definition) is 1. The van der Waals surface area contributed by atoms with E-state index in [1.807, 2.05) is 0 Å². The summed E-state index contributed by atoms with van der Waals surface area (Å²) in [4.78, 5) is 3.80. The van der Waals surface area contributed by atoms with Crippen LogP contribution in [0.3, 0.4) is 0 Å². The van der Waals surface area contributed by atoms with E-state index in [-0.39, 0.29) is 0 Å². The summed E-state index contributed by atoms with van der Waals surface area (Å²) in [6, 6.07) is 11.3. The minimum absolute atomic E-state index is 0.571. The molecular weight excluding hydrogens is 276 g/mol. The summed E-state index contributed by atoms with van der Waals surface area (Å²) < 4.78 is 0. The van der Waals surface area contributed by atoms with E-state index < -0.39 is 0 Å². The van der Waals surface area contributed by atoms with Crippen molar-refractivity contribution in [2.45, 2.75) is 51.1 Å². The van der Waals surface area contributed by atoms with Gasteiger partial charge in [0, 0.05) is 18.5 Å². The number of benzene rings is 1. The number of nitrogens with zero attached hydrogens (tertiary/aromatic N) is 1. The normalized spacial score (nSPS) is 26.7. The first-order valence-electron chi connectivity index (χ1n) is 8.40. The Hall–Kier alpha value is -0.930. The molecule has 2 nitrogen and oxygen atoms in total. The Bertz CT molecular complexity index is 454. The zero-order valence-electron chi connectivity index (χ0n) is 12.8. The van der Waals surface area contributed by atoms with Gasteiger partial charge in [-0.1, -0.05) is 55.4 Å². The molecule has 114 valence electrons. The third-order valence-corrected chi connectivity index (χ3v) is 5.43. The molecule has 1 aliphatic carbocycles. The van der Waals surface area contributed by atoms with Crippen molar-refractivity contribution < 1.29 is 0 Å². The fourth-order valence-electron chi connectivity index (χ4n) is 3.85. The molecule has 0 radical (unpaired) electrons. The molecular formula is C18H26N2S. The average Bonchev–Trinajstić information content (AvgIpc) is 3.04. The highest BCUT2D eigenvalue weighted by molar-refractivity contribution is 7.80. The zero-order valence-corrected chi connectivity index (χ0v) is 13.6. The lowest BCUT2D eigenvalue weighted by molar-refractivity contribution is 0.151. The van der Waals surface area contributed by atoms with Crippen LogP contribution in [0.5, 0.6) is 0 Å². The molecule has 1 aliphatic heterocycles. The van der Waals surface area contributed by atoms with Crippen molar-refractivity contribution in [2.24, 2.45) is 5.92 Å². The second-order valence-corrected chi connectivity index (χ2v) is 6.84. The third kappa shape index (κ3) is 3.83. The van der Waals surface area contributed by atoms with Crippen molar-refractivity contribution >= 4 is 17.2 Å². The molecule has 0 spiro atoms. The molecule has 0 aromatic heterocycles. The lowest BCUT2D eigenvalue weighted by Crippen LogP contribution is -2.45. The molecule has 2 atom stereocenters. The molecule has 1 aromatic rings. The zero-order chi connectivity index (χ0) is 14.5. The van der Waals surface area contributed by atoms with Gasteiger partial charge in [0.15, 0.2) is 0 Å². The summed E-state index contributed by atoms with van der Waals surface area (Å²) in [7, 11) is 0. The highest BCUT2D eigenvalue weighted by Gasteiger charge is 2.34. The molecule has 2 aliphatic rings. The van der Waals surface area contributed by atoms with Crippen LogP contribution in [0.4, 0.5) is 0 Å². The molecule has 0 amide bonds. The summed E-state index contributed by atoms with van der Waals surface area (Å²) >= 11 is 5.72. The maximum atomic E-state index is 5.72. The Morgan fingerprint density at radius 1 is 1.05 bits per heavy atom. The van der Waals surface area contributed by atoms with Crippen LogP contribution in [0.1, 0.15) is 44.1 Å². The van der Waals surface area contributed by atoms with Gasteiger partial charge in [-0.3, -0.25) is 4.90 Å². The quantitative estimate of drug-likeness (QED) is 0.853. The van der Waals surface area contributed by atoms with Crippen molar-refractivity contribution in [3.63, 3.8) is 0 Å². The van der Waals surface area contributed by atoms with Crippen molar-refractivity contribution in [3.05, 3.63) is 35.9 Å². The summed E-state index contributed by atoms with van der Waals surface area (Å²) in [5.74, 6) is 0.571. The minimum atomic E-state index is 0.571. The van der Waals surface area contributed by atoms with Gasteiger partial charge in [0.25, 0.3) is 0 Å². The standard InChI is InChI=1S/C18H26N2S/c21-18(19-14-15-8-3-1-4-9-15)16-10-7-11-17(16)20-12-5-2-6-13-20/h1,3-4,8-9,16-17H,2,5-7,10-14H2,(H,19,21)/t16-,17+/m0/s1. The SMILES string of the molecule is S=C(NCc1ccccc1)[C@H]1CCC[C@H]1N1CCCCC1. The summed E-state index contributed by atoms with van der Waals surface area (Å²) in [6.07, 6.45) is 8.07. The van der Waals surface area contributed by atoms with E-state index in [4.69, 9.17) is 12.2 Å². The number of thiocarbonyl (C=S) groups is 1. The van der Waals surface area contributed by atoms with Crippen molar-refractivity contribution in [3.8, 4) is 0 Å². The van der Waals surface area contributed by atoms with Crippen molar-refractivity contribution in [2.75, 3.05) is 13.1 Å². The highest BCUT2D eigenvalue weighted by atomic mass is 32.1. The Labute approximate surface area is 133 Å². The predicted octanol–water partition coefficient (Wildman–Crippen LogP) is 3.76. The van der Waals surface area contributed by atoms with Crippen LogP contribution in [0.15, 0.2) is 30.3 Å². The third-order valence-electron chi connectivity index (χ3n) is 4.99. The maximum absolute atomic E-state index is 5.72.